The summed E-state index contributed by atoms with van der Waals surface area (Å²) in [6.45, 7) is 6.16. The van der Waals surface area contributed by atoms with Gasteiger partial charge in [-0.05, 0) is 38.5 Å². The molecule has 6 heteroatoms. The Morgan fingerprint density at radius 3 is 3.00 bits per heavy atom. The number of rotatable bonds is 7. The third kappa shape index (κ3) is 5.14. The van der Waals surface area contributed by atoms with Crippen molar-refractivity contribution in [3.8, 4) is 0 Å². The molecule has 138 valence electrons. The highest BCUT2D eigenvalue weighted by Crippen LogP contribution is 2.19. The van der Waals surface area contributed by atoms with Gasteiger partial charge in [-0.3, -0.25) is 4.79 Å². The first-order valence-electron chi connectivity index (χ1n) is 9.73. The molecule has 0 fully saturated rings. The summed E-state index contributed by atoms with van der Waals surface area (Å²) in [5.41, 5.74) is 1.51. The van der Waals surface area contributed by atoms with Gasteiger partial charge in [-0.1, -0.05) is 25.5 Å². The number of nitrogens with one attached hydrogen (secondary N) is 2. The Morgan fingerprint density at radius 1 is 1.36 bits per heavy atom. The molecule has 1 aromatic heterocycles. The number of fused-ring (bicyclic) bond motifs is 1. The zero-order valence-electron chi connectivity index (χ0n) is 15.6. The fourth-order valence-electron chi connectivity index (χ4n) is 3.53. The molecule has 0 aromatic carbocycles. The minimum Gasteiger partial charge on any atom is -0.355 e. The monoisotopic (exact) mass is 345 g/mol. The van der Waals surface area contributed by atoms with E-state index in [-0.39, 0.29) is 5.91 Å². The summed E-state index contributed by atoms with van der Waals surface area (Å²) >= 11 is 0. The van der Waals surface area contributed by atoms with Gasteiger partial charge in [0.15, 0.2) is 5.82 Å². The number of carbonyl (C=O) groups excluding carboxylic acids is 1. The van der Waals surface area contributed by atoms with Gasteiger partial charge in [0.05, 0.1) is 13.1 Å². The van der Waals surface area contributed by atoms with Crippen LogP contribution >= 0.6 is 0 Å². The predicted molar refractivity (Wildman–Crippen MR) is 98.4 cm³/mol. The standard InChI is InChI=1S/C19H31N5O/c1-14(2)19-22-17-9-8-16(13-24(17)23-19)21-12-18(25)20-11-10-15-6-4-3-5-7-15/h6,14,16,21H,3-5,7-13H2,1-2H3,(H,20,25). The molecule has 1 unspecified atom stereocenters. The first kappa shape index (κ1) is 18.1. The number of allylic oxidation sites excluding steroid dienone is 1. The van der Waals surface area contributed by atoms with Crippen LogP contribution < -0.4 is 10.6 Å². The van der Waals surface area contributed by atoms with Crippen LogP contribution in [-0.4, -0.2) is 39.8 Å². The third-order valence-corrected chi connectivity index (χ3v) is 5.10. The van der Waals surface area contributed by atoms with Crippen molar-refractivity contribution in [1.82, 2.24) is 25.4 Å². The third-order valence-electron chi connectivity index (χ3n) is 5.10. The van der Waals surface area contributed by atoms with Crippen molar-refractivity contribution in [1.29, 1.82) is 0 Å². The van der Waals surface area contributed by atoms with Gasteiger partial charge in [0, 0.05) is 24.9 Å². The highest BCUT2D eigenvalue weighted by Gasteiger charge is 2.22. The van der Waals surface area contributed by atoms with Crippen LogP contribution in [0.1, 0.15) is 69.9 Å². The van der Waals surface area contributed by atoms with Gasteiger partial charge >= 0.3 is 0 Å². The molecule has 2 heterocycles. The first-order chi connectivity index (χ1) is 12.1. The van der Waals surface area contributed by atoms with Gasteiger partial charge in [0.1, 0.15) is 5.82 Å². The summed E-state index contributed by atoms with van der Waals surface area (Å²) in [5.74, 6) is 2.44. The Morgan fingerprint density at radius 2 is 2.24 bits per heavy atom. The van der Waals surface area contributed by atoms with E-state index in [1.807, 2.05) is 4.68 Å². The summed E-state index contributed by atoms with van der Waals surface area (Å²) in [6, 6.07) is 0.293. The smallest absolute Gasteiger partial charge is 0.233 e. The zero-order chi connectivity index (χ0) is 17.6. The molecule has 1 aliphatic heterocycles. The van der Waals surface area contributed by atoms with E-state index in [0.29, 0.717) is 18.5 Å². The lowest BCUT2D eigenvalue weighted by atomic mass is 9.97. The van der Waals surface area contributed by atoms with Crippen LogP contribution in [0.15, 0.2) is 11.6 Å². The van der Waals surface area contributed by atoms with E-state index in [1.165, 1.54) is 31.3 Å². The fraction of sp³-hybridized carbons (Fsp3) is 0.737. The van der Waals surface area contributed by atoms with E-state index < -0.39 is 0 Å². The van der Waals surface area contributed by atoms with Crippen molar-refractivity contribution in [3.63, 3.8) is 0 Å². The quantitative estimate of drug-likeness (QED) is 0.744. The first-order valence-corrected chi connectivity index (χ1v) is 9.73. The summed E-state index contributed by atoms with van der Waals surface area (Å²) in [6.07, 6.45) is 10.3. The molecule has 1 aliphatic carbocycles. The fourth-order valence-corrected chi connectivity index (χ4v) is 3.53. The molecule has 0 spiro atoms. The molecule has 0 radical (unpaired) electrons. The Hall–Kier alpha value is -1.69. The highest BCUT2D eigenvalue weighted by molar-refractivity contribution is 5.78. The van der Waals surface area contributed by atoms with Crippen molar-refractivity contribution in [2.24, 2.45) is 0 Å². The second-order valence-electron chi connectivity index (χ2n) is 7.55. The molecule has 0 saturated carbocycles. The Bertz CT molecular complexity index is 619. The lowest BCUT2D eigenvalue weighted by molar-refractivity contribution is -0.120. The van der Waals surface area contributed by atoms with Gasteiger partial charge in [0.25, 0.3) is 0 Å². The largest absolute Gasteiger partial charge is 0.355 e. The van der Waals surface area contributed by atoms with Crippen LogP contribution in [0.2, 0.25) is 0 Å². The van der Waals surface area contributed by atoms with Crippen LogP contribution in [0.3, 0.4) is 0 Å². The number of aryl methyl sites for hydroxylation is 1. The summed E-state index contributed by atoms with van der Waals surface area (Å²) in [4.78, 5) is 16.6. The predicted octanol–water partition coefficient (Wildman–Crippen LogP) is 2.31. The van der Waals surface area contributed by atoms with Crippen molar-refractivity contribution < 1.29 is 4.79 Å². The summed E-state index contributed by atoms with van der Waals surface area (Å²) in [7, 11) is 0. The lowest BCUT2D eigenvalue weighted by Gasteiger charge is -2.23. The summed E-state index contributed by atoms with van der Waals surface area (Å²) in [5, 5.41) is 11.0. The lowest BCUT2D eigenvalue weighted by Crippen LogP contribution is -2.43. The molecule has 3 rings (SSSR count). The number of hydrogen-bond acceptors (Lipinski definition) is 4. The topological polar surface area (TPSA) is 71.8 Å². The molecule has 2 aliphatic rings. The average Bonchev–Trinajstić information content (AvgIpc) is 3.04. The van der Waals surface area contributed by atoms with Crippen LogP contribution in [0.5, 0.6) is 0 Å². The molecule has 6 nitrogen and oxygen atoms in total. The SMILES string of the molecule is CC(C)c1nc2n(n1)CC(NCC(=O)NCCC1=CCCCC1)CC2. The van der Waals surface area contributed by atoms with Crippen molar-refractivity contribution in [2.45, 2.75) is 77.3 Å². The van der Waals surface area contributed by atoms with Crippen LogP contribution in [0, 0.1) is 0 Å². The van der Waals surface area contributed by atoms with Gasteiger partial charge in [0.2, 0.25) is 5.91 Å². The molecule has 25 heavy (non-hydrogen) atoms. The molecular weight excluding hydrogens is 314 g/mol. The maximum atomic E-state index is 12.0. The second-order valence-corrected chi connectivity index (χ2v) is 7.55. The van der Waals surface area contributed by atoms with E-state index in [2.05, 4.69) is 40.6 Å². The van der Waals surface area contributed by atoms with E-state index in [4.69, 9.17) is 0 Å². The zero-order valence-corrected chi connectivity index (χ0v) is 15.6. The maximum Gasteiger partial charge on any atom is 0.233 e. The molecule has 0 saturated heterocycles. The Balaban J connectivity index is 1.37. The molecule has 1 atom stereocenters. The molecule has 0 bridgehead atoms. The summed E-state index contributed by atoms with van der Waals surface area (Å²) < 4.78 is 2.00. The van der Waals surface area contributed by atoms with Gasteiger partial charge in [-0.15, -0.1) is 0 Å². The van der Waals surface area contributed by atoms with E-state index in [0.717, 1.165) is 44.0 Å². The molecular formula is C19H31N5O. The molecule has 1 aromatic rings. The van der Waals surface area contributed by atoms with E-state index in [9.17, 15) is 4.79 Å². The van der Waals surface area contributed by atoms with Gasteiger partial charge in [-0.2, -0.15) is 5.10 Å². The number of hydrogen-bond donors (Lipinski definition) is 2. The molecule has 1 amide bonds. The van der Waals surface area contributed by atoms with Crippen molar-refractivity contribution >= 4 is 5.91 Å². The number of aromatic nitrogens is 3. The highest BCUT2D eigenvalue weighted by atomic mass is 16.1. The Kier molecular flexibility index (Phi) is 6.24. The minimum absolute atomic E-state index is 0.0867. The molecule has 2 N–H and O–H groups in total. The minimum atomic E-state index is 0.0867. The Labute approximate surface area is 150 Å². The van der Waals surface area contributed by atoms with E-state index in [1.54, 1.807) is 0 Å². The normalized spacial score (nSPS) is 20.3. The number of carbonyl (C=O) groups is 1. The number of amides is 1. The van der Waals surface area contributed by atoms with Crippen LogP contribution in [-0.2, 0) is 17.8 Å². The van der Waals surface area contributed by atoms with Crippen molar-refractivity contribution in [3.05, 3.63) is 23.3 Å². The van der Waals surface area contributed by atoms with Gasteiger partial charge < -0.3 is 10.6 Å². The van der Waals surface area contributed by atoms with Gasteiger partial charge in [-0.25, -0.2) is 9.67 Å². The second kappa shape index (κ2) is 8.61. The van der Waals surface area contributed by atoms with Crippen LogP contribution in [0.25, 0.3) is 0 Å². The maximum absolute atomic E-state index is 12.0. The van der Waals surface area contributed by atoms with Crippen LogP contribution in [0.4, 0.5) is 0 Å². The van der Waals surface area contributed by atoms with E-state index >= 15 is 0 Å². The average molecular weight is 345 g/mol. The number of nitrogens with zero attached hydrogens (tertiary/aromatic N) is 3. The van der Waals surface area contributed by atoms with Crippen molar-refractivity contribution in [2.75, 3.05) is 13.1 Å².